The number of halogens is 1. The van der Waals surface area contributed by atoms with Crippen molar-refractivity contribution in [2.24, 2.45) is 0 Å². The predicted molar refractivity (Wildman–Crippen MR) is 105 cm³/mol. The molecule has 4 heterocycles. The number of nitrogens with one attached hydrogen (secondary N) is 1. The van der Waals surface area contributed by atoms with E-state index in [1.54, 1.807) is 22.6 Å². The summed E-state index contributed by atoms with van der Waals surface area (Å²) in [6, 6.07) is 6.08. The van der Waals surface area contributed by atoms with Crippen LogP contribution in [0.25, 0.3) is 5.65 Å². The van der Waals surface area contributed by atoms with Crippen LogP contribution in [0.3, 0.4) is 0 Å². The average molecular weight is 434 g/mol. The van der Waals surface area contributed by atoms with E-state index >= 15 is 0 Å². The smallest absolute Gasteiger partial charge is 0.227 e. The third-order valence-corrected chi connectivity index (χ3v) is 5.38. The maximum absolute atomic E-state index is 9.67. The second-order valence-corrected chi connectivity index (χ2v) is 7.36. The van der Waals surface area contributed by atoms with Crippen LogP contribution < -0.4 is 19.8 Å². The third-order valence-electron chi connectivity index (χ3n) is 4.82. The predicted octanol–water partition coefficient (Wildman–Crippen LogP) is 1.41. The minimum Gasteiger partial charge on any atom is -0.394 e. The minimum atomic E-state index is 0.115. The van der Waals surface area contributed by atoms with Crippen LogP contribution in [0.1, 0.15) is 18.4 Å². The van der Waals surface area contributed by atoms with E-state index in [1.807, 2.05) is 30.6 Å². The summed E-state index contributed by atoms with van der Waals surface area (Å²) >= 11 is 3.53. The normalized spacial score (nSPS) is 16.9. The van der Waals surface area contributed by atoms with Crippen LogP contribution in [-0.2, 0) is 6.54 Å². The molecular weight excluding hydrogens is 412 g/mol. The lowest BCUT2D eigenvalue weighted by Gasteiger charge is -2.25. The van der Waals surface area contributed by atoms with E-state index in [9.17, 15) is 5.11 Å². The molecule has 4 rings (SSSR count). The summed E-state index contributed by atoms with van der Waals surface area (Å²) in [4.78, 5) is 12.2. The Hall–Kier alpha value is -2.39. The highest BCUT2D eigenvalue weighted by atomic mass is 79.9. The maximum atomic E-state index is 9.67. The summed E-state index contributed by atoms with van der Waals surface area (Å²) in [5.74, 6) is 1.69. The lowest BCUT2D eigenvalue weighted by atomic mass is 10.2. The summed E-state index contributed by atoms with van der Waals surface area (Å²) in [5.41, 5.74) is 1.82. The number of hydrogen-bond acceptors (Lipinski definition) is 6. The Bertz CT molecular complexity index is 947. The molecule has 2 N–H and O–H groups in total. The van der Waals surface area contributed by atoms with Crippen molar-refractivity contribution < 1.29 is 14.7 Å². The summed E-state index contributed by atoms with van der Waals surface area (Å²) < 4.78 is 4.28. The first-order valence-corrected chi connectivity index (χ1v) is 9.69. The second-order valence-electron chi connectivity index (χ2n) is 6.51. The van der Waals surface area contributed by atoms with Gasteiger partial charge in [-0.3, -0.25) is 4.84 Å². The number of aromatic nitrogens is 4. The number of pyridine rings is 1. The molecule has 0 saturated carbocycles. The highest BCUT2D eigenvalue weighted by Gasteiger charge is 2.26. The van der Waals surface area contributed by atoms with E-state index in [2.05, 4.69) is 31.2 Å². The Balaban J connectivity index is 1.66. The van der Waals surface area contributed by atoms with Crippen molar-refractivity contribution >= 4 is 33.2 Å². The molecule has 1 aliphatic heterocycles. The van der Waals surface area contributed by atoms with Crippen molar-refractivity contribution in [2.75, 3.05) is 30.5 Å². The van der Waals surface area contributed by atoms with Gasteiger partial charge in [-0.15, -0.1) is 0 Å². The Kier molecular flexibility index (Phi) is 5.13. The highest BCUT2D eigenvalue weighted by molar-refractivity contribution is 9.10. The van der Waals surface area contributed by atoms with Gasteiger partial charge in [-0.1, -0.05) is 0 Å². The fourth-order valence-electron chi connectivity index (χ4n) is 3.44. The molecule has 3 aromatic rings. The lowest BCUT2D eigenvalue weighted by Crippen LogP contribution is -2.40. The molecule has 0 radical (unpaired) electrons. The van der Waals surface area contributed by atoms with Crippen molar-refractivity contribution in [3.8, 4) is 0 Å². The zero-order valence-electron chi connectivity index (χ0n) is 15.0. The van der Waals surface area contributed by atoms with Gasteiger partial charge in [-0.05, 0) is 34.8 Å². The SMILES string of the molecule is CO[n+]1cccc(CNc2cc(N3CCC[C@H]3CO)nc3c(Br)cnn23)c1. The Morgan fingerprint density at radius 2 is 2.37 bits per heavy atom. The largest absolute Gasteiger partial charge is 0.394 e. The molecule has 0 aliphatic carbocycles. The van der Waals surface area contributed by atoms with Crippen LogP contribution in [-0.4, -0.2) is 46.0 Å². The van der Waals surface area contributed by atoms with Crippen LogP contribution in [0, 0.1) is 0 Å². The molecule has 8 nitrogen and oxygen atoms in total. The highest BCUT2D eigenvalue weighted by Crippen LogP contribution is 2.29. The van der Waals surface area contributed by atoms with Crippen molar-refractivity contribution in [3.63, 3.8) is 0 Å². The first-order valence-electron chi connectivity index (χ1n) is 8.90. The minimum absolute atomic E-state index is 0.115. The fourth-order valence-corrected chi connectivity index (χ4v) is 3.78. The Morgan fingerprint density at radius 1 is 1.48 bits per heavy atom. The number of hydrogen-bond donors (Lipinski definition) is 2. The molecule has 1 aliphatic rings. The van der Waals surface area contributed by atoms with E-state index < -0.39 is 0 Å². The summed E-state index contributed by atoms with van der Waals surface area (Å²) in [6.45, 7) is 1.65. The molecule has 0 spiro atoms. The first-order chi connectivity index (χ1) is 13.2. The van der Waals surface area contributed by atoms with Crippen LogP contribution in [0.2, 0.25) is 0 Å². The van der Waals surface area contributed by atoms with Gasteiger partial charge >= 0.3 is 0 Å². The van der Waals surface area contributed by atoms with E-state index in [1.165, 1.54) is 0 Å². The van der Waals surface area contributed by atoms with Crippen LogP contribution in [0.4, 0.5) is 11.6 Å². The van der Waals surface area contributed by atoms with Crippen molar-refractivity contribution in [2.45, 2.75) is 25.4 Å². The number of fused-ring (bicyclic) bond motifs is 1. The molecule has 1 saturated heterocycles. The topological polar surface area (TPSA) is 78.8 Å². The summed E-state index contributed by atoms with van der Waals surface area (Å²) in [5, 5.41) is 17.5. The van der Waals surface area contributed by atoms with Gasteiger partial charge in [0.05, 0.1) is 23.3 Å². The molecule has 0 amide bonds. The van der Waals surface area contributed by atoms with Crippen LogP contribution in [0.5, 0.6) is 0 Å². The molecule has 0 unspecified atom stereocenters. The number of anilines is 2. The maximum Gasteiger partial charge on any atom is 0.227 e. The Labute approximate surface area is 165 Å². The van der Waals surface area contributed by atoms with Gasteiger partial charge in [0, 0.05) is 35.5 Å². The van der Waals surface area contributed by atoms with Crippen LogP contribution >= 0.6 is 15.9 Å². The van der Waals surface area contributed by atoms with Gasteiger partial charge in [0.1, 0.15) is 18.7 Å². The first kappa shape index (κ1) is 18.0. The number of rotatable bonds is 6. The Morgan fingerprint density at radius 3 is 3.19 bits per heavy atom. The molecule has 27 heavy (non-hydrogen) atoms. The number of aliphatic hydroxyl groups is 1. The summed E-state index contributed by atoms with van der Waals surface area (Å²) in [6.07, 6.45) is 7.55. The van der Waals surface area contributed by atoms with Gasteiger partial charge < -0.3 is 15.3 Å². The van der Waals surface area contributed by atoms with E-state index in [0.29, 0.717) is 6.54 Å². The standard InChI is InChI=1S/C18H22BrN6O2/c1-27-23-6-2-4-13(11-23)9-20-16-8-17(24-7-3-5-14(24)12-26)22-18-15(19)10-21-25(16)18/h2,4,6,8,10-11,14,20,26H,3,5,7,9,12H2,1H3/q+1/t14-/m0/s1. The molecule has 3 aromatic heterocycles. The average Bonchev–Trinajstić information content (AvgIpc) is 3.33. The van der Waals surface area contributed by atoms with E-state index in [4.69, 9.17) is 9.82 Å². The molecule has 0 bridgehead atoms. The van der Waals surface area contributed by atoms with Gasteiger partial charge in [-0.25, -0.2) is 4.98 Å². The van der Waals surface area contributed by atoms with Gasteiger partial charge in [0.25, 0.3) is 0 Å². The molecule has 142 valence electrons. The van der Waals surface area contributed by atoms with Gasteiger partial charge in [-0.2, -0.15) is 9.61 Å². The molecule has 9 heteroatoms. The van der Waals surface area contributed by atoms with Gasteiger partial charge in [0.2, 0.25) is 12.4 Å². The zero-order valence-corrected chi connectivity index (χ0v) is 16.6. The molecule has 0 aromatic carbocycles. The quantitative estimate of drug-likeness (QED) is 0.572. The molecule has 1 fully saturated rings. The zero-order chi connectivity index (χ0) is 18.8. The van der Waals surface area contributed by atoms with Crippen molar-refractivity contribution in [1.29, 1.82) is 0 Å². The monoisotopic (exact) mass is 433 g/mol. The van der Waals surface area contributed by atoms with Crippen LogP contribution in [0.15, 0.2) is 41.3 Å². The molecular formula is C18H22BrN6O2+. The number of aliphatic hydroxyl groups excluding tert-OH is 1. The van der Waals surface area contributed by atoms with E-state index in [0.717, 1.165) is 46.7 Å². The van der Waals surface area contributed by atoms with Crippen molar-refractivity contribution in [3.05, 3.63) is 46.8 Å². The van der Waals surface area contributed by atoms with Crippen molar-refractivity contribution in [1.82, 2.24) is 14.6 Å². The van der Waals surface area contributed by atoms with E-state index in [-0.39, 0.29) is 12.6 Å². The number of nitrogens with zero attached hydrogens (tertiary/aromatic N) is 5. The van der Waals surface area contributed by atoms with Gasteiger partial charge in [0.15, 0.2) is 5.65 Å². The lowest BCUT2D eigenvalue weighted by molar-refractivity contribution is -0.885. The fraction of sp³-hybridized carbons (Fsp3) is 0.389. The second kappa shape index (κ2) is 7.69. The molecule has 1 atom stereocenters. The third kappa shape index (κ3) is 3.57. The summed E-state index contributed by atoms with van der Waals surface area (Å²) in [7, 11) is 1.63.